The molecular weight excluding hydrogens is 787 g/mol. The van der Waals surface area contributed by atoms with Crippen LogP contribution in [-0.4, -0.2) is 11.7 Å². The van der Waals surface area contributed by atoms with Crippen LogP contribution in [0.15, 0.2) is 209 Å². The Balaban J connectivity index is 1.02. The van der Waals surface area contributed by atoms with Gasteiger partial charge in [-0.3, -0.25) is 0 Å². The van der Waals surface area contributed by atoms with E-state index in [2.05, 4.69) is 199 Å². The van der Waals surface area contributed by atoms with Crippen molar-refractivity contribution in [2.75, 3.05) is 0 Å². The lowest BCUT2D eigenvalue weighted by molar-refractivity contribution is 0.658. The van der Waals surface area contributed by atoms with E-state index in [0.717, 1.165) is 62.9 Å². The molecule has 0 bridgehead atoms. The van der Waals surface area contributed by atoms with E-state index in [0.29, 0.717) is 5.84 Å². The average Bonchev–Trinajstić information content (AvgIpc) is 3.88. The highest BCUT2D eigenvalue weighted by atomic mass is 32.1. The van der Waals surface area contributed by atoms with Crippen LogP contribution in [0, 0.1) is 0 Å². The Bertz CT molecular complexity index is 3690. The molecule has 5 heteroatoms. The Morgan fingerprint density at radius 2 is 1.25 bits per heavy atom. The van der Waals surface area contributed by atoms with Crippen LogP contribution >= 0.6 is 11.3 Å². The van der Waals surface area contributed by atoms with Crippen LogP contribution in [0.5, 0.6) is 0 Å². The highest BCUT2D eigenvalue weighted by Gasteiger charge is 2.29. The SMILES string of the molecule is c1ccc(-c2cccc(C3N=C(c4cccc5c4sc4ccccc45)N=C(c4cc(C5CCc6cc7ccccc7cc6-c6ccccc65)cc5c4oc4ccccc45)N3)c2)cc1. The van der Waals surface area contributed by atoms with E-state index < -0.39 is 6.17 Å². The molecule has 2 atom stereocenters. The van der Waals surface area contributed by atoms with E-state index in [1.165, 1.54) is 64.3 Å². The summed E-state index contributed by atoms with van der Waals surface area (Å²) in [5, 5.41) is 11.1. The Morgan fingerprint density at radius 3 is 2.17 bits per heavy atom. The Hall–Kier alpha value is -7.60. The summed E-state index contributed by atoms with van der Waals surface area (Å²) in [6.45, 7) is 0. The first-order valence-electron chi connectivity index (χ1n) is 21.8. The van der Waals surface area contributed by atoms with E-state index in [1.807, 2.05) is 0 Å². The molecule has 1 aliphatic heterocycles. The third-order valence-corrected chi connectivity index (χ3v) is 14.4. The lowest BCUT2D eigenvalue weighted by atomic mass is 9.84. The van der Waals surface area contributed by atoms with Crippen molar-refractivity contribution in [2.45, 2.75) is 24.9 Å². The number of para-hydroxylation sites is 1. The quantitative estimate of drug-likeness (QED) is 0.188. The van der Waals surface area contributed by atoms with Crippen molar-refractivity contribution in [1.29, 1.82) is 0 Å². The molecule has 63 heavy (non-hydrogen) atoms. The number of nitrogens with zero attached hydrogens (tertiary/aromatic N) is 2. The number of amidine groups is 2. The molecule has 2 aromatic heterocycles. The van der Waals surface area contributed by atoms with Gasteiger partial charge in [0.15, 0.2) is 5.84 Å². The Morgan fingerprint density at radius 1 is 0.524 bits per heavy atom. The third kappa shape index (κ3) is 6.03. The number of aliphatic imine (C=N–C) groups is 2. The first-order chi connectivity index (χ1) is 31.2. The molecule has 1 N–H and O–H groups in total. The van der Waals surface area contributed by atoms with E-state index in [-0.39, 0.29) is 5.92 Å². The molecule has 0 amide bonds. The maximum Gasteiger partial charge on any atom is 0.160 e. The second-order valence-corrected chi connectivity index (χ2v) is 17.9. The van der Waals surface area contributed by atoms with Gasteiger partial charge in [0.05, 0.1) is 5.56 Å². The van der Waals surface area contributed by atoms with E-state index >= 15 is 0 Å². The number of hydrogen-bond acceptors (Lipinski definition) is 5. The Kier molecular flexibility index (Phi) is 8.31. The van der Waals surface area contributed by atoms with E-state index in [4.69, 9.17) is 14.4 Å². The van der Waals surface area contributed by atoms with Crippen molar-refractivity contribution >= 4 is 75.9 Å². The molecule has 3 heterocycles. The number of aryl methyl sites for hydroxylation is 1. The molecule has 2 aliphatic rings. The maximum atomic E-state index is 6.88. The minimum absolute atomic E-state index is 0.136. The molecule has 1 aliphatic carbocycles. The normalized spacial score (nSPS) is 16.1. The number of thiophene rings is 1. The van der Waals surface area contributed by atoms with Gasteiger partial charge in [0, 0.05) is 42.4 Å². The van der Waals surface area contributed by atoms with Crippen molar-refractivity contribution in [3.8, 4) is 22.3 Å². The molecule has 0 fully saturated rings. The minimum Gasteiger partial charge on any atom is -0.455 e. The van der Waals surface area contributed by atoms with Gasteiger partial charge in [-0.15, -0.1) is 11.3 Å². The zero-order valence-electron chi connectivity index (χ0n) is 34.3. The number of rotatable bonds is 5. The third-order valence-electron chi connectivity index (χ3n) is 13.2. The van der Waals surface area contributed by atoms with Gasteiger partial charge in [-0.2, -0.15) is 0 Å². The highest BCUT2D eigenvalue weighted by Crippen LogP contribution is 2.45. The smallest absolute Gasteiger partial charge is 0.160 e. The monoisotopic (exact) mass is 825 g/mol. The Labute approximate surface area is 368 Å². The number of nitrogens with one attached hydrogen (secondary N) is 1. The molecule has 0 spiro atoms. The first kappa shape index (κ1) is 36.1. The van der Waals surface area contributed by atoms with E-state index in [1.54, 1.807) is 11.3 Å². The van der Waals surface area contributed by atoms with Crippen molar-refractivity contribution in [3.63, 3.8) is 0 Å². The standard InChI is InChI=1S/C58H39N3OS/c1-2-14-35(15-3-1)36-18-12-19-40(31-36)56-59-57(48-25-13-24-47-46-23-9-11-27-53(46)63-55(47)48)61-58(60-56)51-34-41(33-50-45-22-8-10-26-52(45)62-54(50)51)42-29-28-39-30-37-16-4-5-17-38(37)32-49(39)44-21-7-6-20-43(42)44/h1-27,30-34,42,56H,28-29H2,(H,59,60,61). The highest BCUT2D eigenvalue weighted by molar-refractivity contribution is 7.26. The molecular formula is C58H39N3OS. The van der Waals surface area contributed by atoms with Gasteiger partial charge in [-0.05, 0) is 111 Å². The second-order valence-electron chi connectivity index (χ2n) is 16.8. The summed E-state index contributed by atoms with van der Waals surface area (Å²) in [7, 11) is 0. The molecule has 298 valence electrons. The summed E-state index contributed by atoms with van der Waals surface area (Å²) in [5.41, 5.74) is 13.6. The largest absolute Gasteiger partial charge is 0.455 e. The zero-order valence-corrected chi connectivity index (χ0v) is 35.1. The van der Waals surface area contributed by atoms with E-state index in [9.17, 15) is 0 Å². The predicted octanol–water partition coefficient (Wildman–Crippen LogP) is 15.0. The van der Waals surface area contributed by atoms with Crippen LogP contribution in [0.1, 0.15) is 51.9 Å². The van der Waals surface area contributed by atoms with Crippen LogP contribution < -0.4 is 5.32 Å². The fourth-order valence-electron chi connectivity index (χ4n) is 10.1. The topological polar surface area (TPSA) is 49.9 Å². The fraction of sp³-hybridized carbons (Fsp3) is 0.0690. The van der Waals surface area contributed by atoms with Crippen LogP contribution in [-0.2, 0) is 6.42 Å². The van der Waals surface area contributed by atoms with Gasteiger partial charge in [0.1, 0.15) is 23.2 Å². The summed E-state index contributed by atoms with van der Waals surface area (Å²) >= 11 is 1.80. The van der Waals surface area contributed by atoms with Crippen LogP contribution in [0.4, 0.5) is 0 Å². The van der Waals surface area contributed by atoms with Crippen molar-refractivity contribution in [1.82, 2.24) is 5.32 Å². The average molecular weight is 826 g/mol. The number of benzene rings is 9. The van der Waals surface area contributed by atoms with Crippen LogP contribution in [0.3, 0.4) is 0 Å². The van der Waals surface area contributed by atoms with Gasteiger partial charge in [0.25, 0.3) is 0 Å². The summed E-state index contributed by atoms with van der Waals surface area (Å²) in [4.78, 5) is 11.0. The predicted molar refractivity (Wildman–Crippen MR) is 263 cm³/mol. The minimum atomic E-state index is -0.411. The lowest BCUT2D eigenvalue weighted by Crippen LogP contribution is -2.33. The van der Waals surface area contributed by atoms with Crippen LogP contribution in [0.2, 0.25) is 0 Å². The molecule has 0 saturated heterocycles. The summed E-state index contributed by atoms with van der Waals surface area (Å²) in [6, 6.07) is 70.2. The maximum absolute atomic E-state index is 6.88. The molecule has 11 aromatic rings. The van der Waals surface area contributed by atoms with Crippen molar-refractivity contribution in [3.05, 3.63) is 228 Å². The van der Waals surface area contributed by atoms with Crippen molar-refractivity contribution in [2.24, 2.45) is 9.98 Å². The van der Waals surface area contributed by atoms with Gasteiger partial charge in [0.2, 0.25) is 0 Å². The molecule has 13 rings (SSSR count). The molecule has 4 nitrogen and oxygen atoms in total. The van der Waals surface area contributed by atoms with Crippen molar-refractivity contribution < 1.29 is 4.42 Å². The van der Waals surface area contributed by atoms with Crippen LogP contribution in [0.25, 0.3) is 75.1 Å². The number of hydrogen-bond donors (Lipinski definition) is 1. The molecule has 0 radical (unpaired) electrons. The molecule has 0 saturated carbocycles. The number of fused-ring (bicyclic) bond motifs is 10. The first-order valence-corrected chi connectivity index (χ1v) is 22.6. The van der Waals surface area contributed by atoms with Gasteiger partial charge in [-0.1, -0.05) is 152 Å². The summed E-state index contributed by atoms with van der Waals surface area (Å²) < 4.78 is 9.31. The van der Waals surface area contributed by atoms with Gasteiger partial charge >= 0.3 is 0 Å². The zero-order chi connectivity index (χ0) is 41.4. The number of furan rings is 1. The van der Waals surface area contributed by atoms with Gasteiger partial charge < -0.3 is 9.73 Å². The second kappa shape index (κ2) is 14.5. The summed E-state index contributed by atoms with van der Waals surface area (Å²) in [5.74, 6) is 1.58. The molecule has 9 aromatic carbocycles. The molecule has 2 unspecified atom stereocenters. The summed E-state index contributed by atoms with van der Waals surface area (Å²) in [6.07, 6.45) is 1.53. The lowest BCUT2D eigenvalue weighted by Gasteiger charge is -2.25. The van der Waals surface area contributed by atoms with Gasteiger partial charge in [-0.25, -0.2) is 9.98 Å². The fourth-order valence-corrected chi connectivity index (χ4v) is 11.3.